The van der Waals surface area contributed by atoms with Crippen molar-refractivity contribution in [1.82, 2.24) is 9.97 Å². The van der Waals surface area contributed by atoms with Crippen LogP contribution in [0.15, 0.2) is 104 Å². The lowest BCUT2D eigenvalue weighted by molar-refractivity contribution is 0.482. The molecule has 0 fully saturated rings. The molecule has 0 unspecified atom stereocenters. The van der Waals surface area contributed by atoms with Crippen molar-refractivity contribution in [2.24, 2.45) is 0 Å². The van der Waals surface area contributed by atoms with Gasteiger partial charge in [0.1, 0.15) is 11.5 Å². The molecular weight excluding hydrogens is 392 g/mol. The van der Waals surface area contributed by atoms with Crippen molar-refractivity contribution in [3.05, 3.63) is 120 Å². The van der Waals surface area contributed by atoms with Crippen LogP contribution in [0, 0.1) is 20.8 Å². The first kappa shape index (κ1) is 28.5. The SMILES string of the molecule is CC.CC.Cc1cccc(Oc2ccccc2)c1.Cc1cccnc1.Cc1cccnc1. The Morgan fingerprint density at radius 3 is 1.34 bits per heavy atom. The smallest absolute Gasteiger partial charge is 0.127 e. The van der Waals surface area contributed by atoms with Gasteiger partial charge in [-0.15, -0.1) is 0 Å². The second-order valence-electron chi connectivity index (χ2n) is 6.29. The van der Waals surface area contributed by atoms with Crippen molar-refractivity contribution in [3.63, 3.8) is 0 Å². The van der Waals surface area contributed by atoms with Gasteiger partial charge in [-0.25, -0.2) is 0 Å². The predicted molar refractivity (Wildman–Crippen MR) is 138 cm³/mol. The second-order valence-corrected chi connectivity index (χ2v) is 6.29. The van der Waals surface area contributed by atoms with Gasteiger partial charge >= 0.3 is 0 Å². The third-order valence-corrected chi connectivity index (χ3v) is 3.59. The quantitative estimate of drug-likeness (QED) is 0.319. The van der Waals surface area contributed by atoms with Gasteiger partial charge < -0.3 is 4.74 Å². The maximum atomic E-state index is 5.66. The maximum Gasteiger partial charge on any atom is 0.127 e. The molecule has 3 heteroatoms. The Balaban J connectivity index is 0.000000453. The molecule has 0 saturated carbocycles. The molecule has 2 aromatic carbocycles. The van der Waals surface area contributed by atoms with E-state index in [0.29, 0.717) is 0 Å². The van der Waals surface area contributed by atoms with Gasteiger partial charge in [0, 0.05) is 24.8 Å². The van der Waals surface area contributed by atoms with E-state index in [2.05, 4.69) is 23.0 Å². The molecule has 0 spiro atoms. The lowest BCUT2D eigenvalue weighted by Gasteiger charge is -2.05. The van der Waals surface area contributed by atoms with E-state index in [1.807, 2.05) is 127 Å². The molecule has 4 aromatic rings. The monoisotopic (exact) mass is 430 g/mol. The summed E-state index contributed by atoms with van der Waals surface area (Å²) in [5.74, 6) is 1.76. The third kappa shape index (κ3) is 14.5. The highest BCUT2D eigenvalue weighted by atomic mass is 16.5. The molecule has 4 rings (SSSR count). The van der Waals surface area contributed by atoms with Gasteiger partial charge in [-0.1, -0.05) is 70.2 Å². The number of nitrogens with zero attached hydrogens (tertiary/aromatic N) is 2. The van der Waals surface area contributed by atoms with Gasteiger partial charge in [-0.05, 0) is 73.9 Å². The minimum absolute atomic E-state index is 0.873. The van der Waals surface area contributed by atoms with Crippen LogP contribution in [0.1, 0.15) is 44.4 Å². The van der Waals surface area contributed by atoms with Gasteiger partial charge in [-0.2, -0.15) is 0 Å². The highest BCUT2D eigenvalue weighted by Crippen LogP contribution is 2.21. The number of rotatable bonds is 2. The zero-order valence-corrected chi connectivity index (χ0v) is 20.6. The van der Waals surface area contributed by atoms with Gasteiger partial charge in [0.15, 0.2) is 0 Å². The summed E-state index contributed by atoms with van der Waals surface area (Å²) in [5.41, 5.74) is 3.63. The zero-order chi connectivity index (χ0) is 24.0. The van der Waals surface area contributed by atoms with Crippen LogP contribution >= 0.6 is 0 Å². The molecule has 0 atom stereocenters. The number of aryl methyl sites for hydroxylation is 3. The Hall–Kier alpha value is -3.46. The molecule has 0 aliphatic carbocycles. The molecule has 0 saturated heterocycles. The molecule has 170 valence electrons. The first-order valence-corrected chi connectivity index (χ1v) is 11.2. The molecule has 2 aromatic heterocycles. The van der Waals surface area contributed by atoms with Crippen LogP contribution in [0.2, 0.25) is 0 Å². The average molecular weight is 431 g/mol. The highest BCUT2D eigenvalue weighted by Gasteiger charge is 1.95. The number of pyridine rings is 2. The summed E-state index contributed by atoms with van der Waals surface area (Å²) in [7, 11) is 0. The Kier molecular flexibility index (Phi) is 17.4. The van der Waals surface area contributed by atoms with E-state index in [1.54, 1.807) is 12.4 Å². The number of hydrogen-bond donors (Lipinski definition) is 0. The number of para-hydroxylation sites is 1. The minimum Gasteiger partial charge on any atom is -0.457 e. The molecule has 0 bridgehead atoms. The fourth-order valence-electron chi connectivity index (χ4n) is 2.20. The molecule has 0 N–H and O–H groups in total. The summed E-state index contributed by atoms with van der Waals surface area (Å²) in [4.78, 5) is 7.77. The fraction of sp³-hybridized carbons (Fsp3) is 0.241. The minimum atomic E-state index is 0.873. The van der Waals surface area contributed by atoms with Crippen LogP contribution < -0.4 is 4.74 Å². The Morgan fingerprint density at radius 1 is 0.500 bits per heavy atom. The van der Waals surface area contributed by atoms with Crippen LogP contribution in [-0.4, -0.2) is 9.97 Å². The third-order valence-electron chi connectivity index (χ3n) is 3.59. The summed E-state index contributed by atoms with van der Waals surface area (Å²) in [6.07, 6.45) is 7.21. The number of ether oxygens (including phenoxy) is 1. The fourth-order valence-corrected chi connectivity index (χ4v) is 2.20. The Bertz CT molecular complexity index is 874. The second kappa shape index (κ2) is 19.5. The van der Waals surface area contributed by atoms with Crippen LogP contribution in [0.5, 0.6) is 11.5 Å². The van der Waals surface area contributed by atoms with E-state index >= 15 is 0 Å². The topological polar surface area (TPSA) is 35.0 Å². The molecule has 32 heavy (non-hydrogen) atoms. The Morgan fingerprint density at radius 2 is 0.969 bits per heavy atom. The molecule has 0 radical (unpaired) electrons. The van der Waals surface area contributed by atoms with E-state index in [1.165, 1.54) is 16.7 Å². The zero-order valence-electron chi connectivity index (χ0n) is 20.6. The van der Waals surface area contributed by atoms with Crippen LogP contribution in [-0.2, 0) is 0 Å². The largest absolute Gasteiger partial charge is 0.457 e. The van der Waals surface area contributed by atoms with Crippen LogP contribution in [0.3, 0.4) is 0 Å². The van der Waals surface area contributed by atoms with E-state index in [-0.39, 0.29) is 0 Å². The normalized spacial score (nSPS) is 8.47. The lowest BCUT2D eigenvalue weighted by Crippen LogP contribution is -1.83. The van der Waals surface area contributed by atoms with E-state index < -0.39 is 0 Å². The summed E-state index contributed by atoms with van der Waals surface area (Å²) < 4.78 is 5.66. The van der Waals surface area contributed by atoms with Crippen molar-refractivity contribution in [2.45, 2.75) is 48.5 Å². The molecular formula is C29H38N2O. The first-order valence-electron chi connectivity index (χ1n) is 11.2. The lowest BCUT2D eigenvalue weighted by atomic mass is 10.2. The molecule has 3 nitrogen and oxygen atoms in total. The molecule has 0 aliphatic heterocycles. The van der Waals surface area contributed by atoms with Crippen molar-refractivity contribution in [3.8, 4) is 11.5 Å². The standard InChI is InChI=1S/C13H12O.2C6H7N.2C2H6/c1-11-6-5-9-13(10-11)14-12-7-3-2-4-8-12;2*1-6-3-2-4-7-5-6;2*1-2/h2-10H,1H3;2*2-5H,1H3;2*1-2H3. The summed E-state index contributed by atoms with van der Waals surface area (Å²) >= 11 is 0. The van der Waals surface area contributed by atoms with E-state index in [0.717, 1.165) is 11.5 Å². The average Bonchev–Trinajstić information content (AvgIpc) is 2.84. The van der Waals surface area contributed by atoms with Crippen molar-refractivity contribution >= 4 is 0 Å². The molecule has 0 amide bonds. The number of aromatic nitrogens is 2. The van der Waals surface area contributed by atoms with Crippen LogP contribution in [0.4, 0.5) is 0 Å². The van der Waals surface area contributed by atoms with Crippen molar-refractivity contribution < 1.29 is 4.74 Å². The van der Waals surface area contributed by atoms with Crippen molar-refractivity contribution in [2.75, 3.05) is 0 Å². The highest BCUT2D eigenvalue weighted by molar-refractivity contribution is 5.33. The summed E-state index contributed by atoms with van der Waals surface area (Å²) in [5, 5.41) is 0. The first-order chi connectivity index (χ1) is 15.6. The van der Waals surface area contributed by atoms with Gasteiger partial charge in [0.05, 0.1) is 0 Å². The van der Waals surface area contributed by atoms with Crippen LogP contribution in [0.25, 0.3) is 0 Å². The summed E-state index contributed by atoms with van der Waals surface area (Å²) in [6, 6.07) is 25.7. The summed E-state index contributed by atoms with van der Waals surface area (Å²) in [6.45, 7) is 14.1. The molecule has 0 aliphatic rings. The van der Waals surface area contributed by atoms with E-state index in [9.17, 15) is 0 Å². The maximum absolute atomic E-state index is 5.66. The van der Waals surface area contributed by atoms with Gasteiger partial charge in [-0.3, -0.25) is 9.97 Å². The van der Waals surface area contributed by atoms with Gasteiger partial charge in [0.25, 0.3) is 0 Å². The predicted octanol–water partition coefficient (Wildman–Crippen LogP) is 8.62. The van der Waals surface area contributed by atoms with Crippen molar-refractivity contribution in [1.29, 1.82) is 0 Å². The van der Waals surface area contributed by atoms with E-state index in [4.69, 9.17) is 4.74 Å². The number of hydrogen-bond acceptors (Lipinski definition) is 3. The Labute approximate surface area is 195 Å². The number of benzene rings is 2. The molecule has 2 heterocycles. The van der Waals surface area contributed by atoms with Gasteiger partial charge in [0.2, 0.25) is 0 Å².